The molecule has 0 bridgehead atoms. The Morgan fingerprint density at radius 1 is 1.07 bits per heavy atom. The molecule has 1 saturated heterocycles. The highest BCUT2D eigenvalue weighted by Gasteiger charge is 2.49. The highest BCUT2D eigenvalue weighted by Crippen LogP contribution is 2.39. The molecule has 0 aliphatic carbocycles. The molecular formula is C19H20O9. The second-order valence-electron chi connectivity index (χ2n) is 6.66. The van der Waals surface area contributed by atoms with Crippen molar-refractivity contribution in [2.45, 2.75) is 23.9 Å². The van der Waals surface area contributed by atoms with Crippen molar-refractivity contribution < 1.29 is 45.3 Å². The molecule has 1 heterocycles. The van der Waals surface area contributed by atoms with Crippen molar-refractivity contribution in [3.8, 4) is 17.2 Å². The number of phenols is 3. The van der Waals surface area contributed by atoms with E-state index >= 15 is 0 Å². The summed E-state index contributed by atoms with van der Waals surface area (Å²) < 4.78 is 5.15. The van der Waals surface area contributed by atoms with E-state index in [1.54, 1.807) is 0 Å². The van der Waals surface area contributed by atoms with Gasteiger partial charge in [0.2, 0.25) is 5.78 Å². The predicted octanol–water partition coefficient (Wildman–Crippen LogP) is -0.665. The second kappa shape index (κ2) is 7.38. The average molecular weight is 392 g/mol. The van der Waals surface area contributed by atoms with Crippen molar-refractivity contribution in [1.82, 2.24) is 0 Å². The Labute approximate surface area is 159 Å². The number of phenolic OH excluding ortho intramolecular Hbond substituents is 3. The van der Waals surface area contributed by atoms with E-state index in [0.29, 0.717) is 0 Å². The van der Waals surface area contributed by atoms with Gasteiger partial charge in [0, 0.05) is 5.56 Å². The fraction of sp³-hybridized carbons (Fsp3) is 0.316. The van der Waals surface area contributed by atoms with Gasteiger partial charge < -0.3 is 40.5 Å². The van der Waals surface area contributed by atoms with E-state index in [1.807, 2.05) is 0 Å². The Morgan fingerprint density at radius 2 is 1.64 bits per heavy atom. The van der Waals surface area contributed by atoms with Crippen molar-refractivity contribution in [2.75, 3.05) is 13.2 Å². The van der Waals surface area contributed by atoms with Gasteiger partial charge in [-0.1, -0.05) is 0 Å². The molecule has 2 aromatic carbocycles. The van der Waals surface area contributed by atoms with Crippen LogP contribution in [0.1, 0.15) is 21.5 Å². The number of hydrogen-bond donors (Lipinski definition) is 7. The number of ether oxygens (including phenoxy) is 1. The lowest BCUT2D eigenvalue weighted by Crippen LogP contribution is -2.60. The number of benzene rings is 2. The van der Waals surface area contributed by atoms with E-state index in [9.17, 15) is 35.4 Å². The first-order valence-electron chi connectivity index (χ1n) is 8.40. The lowest BCUT2D eigenvalue weighted by Gasteiger charge is -2.43. The molecule has 7 N–H and O–H groups in total. The topological polar surface area (TPSA) is 168 Å². The molecule has 9 nitrogen and oxygen atoms in total. The van der Waals surface area contributed by atoms with Crippen LogP contribution >= 0.6 is 0 Å². The van der Waals surface area contributed by atoms with Crippen LogP contribution in [0.15, 0.2) is 36.4 Å². The van der Waals surface area contributed by atoms with Gasteiger partial charge in [-0.05, 0) is 42.0 Å². The Hall–Kier alpha value is -2.69. The largest absolute Gasteiger partial charge is 0.508 e. The predicted molar refractivity (Wildman–Crippen MR) is 94.0 cm³/mol. The summed E-state index contributed by atoms with van der Waals surface area (Å²) in [5.74, 6) is -2.11. The first kappa shape index (κ1) is 20.1. The molecule has 9 heteroatoms. The second-order valence-corrected chi connectivity index (χ2v) is 6.66. The van der Waals surface area contributed by atoms with E-state index in [0.717, 1.165) is 12.1 Å². The zero-order valence-corrected chi connectivity index (χ0v) is 14.6. The number of rotatable bonds is 4. The van der Waals surface area contributed by atoms with Crippen LogP contribution in [0.4, 0.5) is 0 Å². The minimum absolute atomic E-state index is 0.0615. The Balaban J connectivity index is 1.98. The molecule has 2 aromatic rings. The van der Waals surface area contributed by atoms with Crippen LogP contribution in [0, 0.1) is 0 Å². The summed E-state index contributed by atoms with van der Waals surface area (Å²) >= 11 is 0. The Kier molecular flexibility index (Phi) is 5.28. The molecule has 1 fully saturated rings. The normalized spacial score (nSPS) is 27.5. The highest BCUT2D eigenvalue weighted by molar-refractivity contribution is 6.12. The number of aliphatic hydroxyl groups is 4. The van der Waals surface area contributed by atoms with E-state index in [4.69, 9.17) is 9.84 Å². The van der Waals surface area contributed by atoms with Crippen LogP contribution in [0.25, 0.3) is 0 Å². The average Bonchev–Trinajstić information content (AvgIpc) is 2.66. The molecule has 28 heavy (non-hydrogen) atoms. The summed E-state index contributed by atoms with van der Waals surface area (Å²) in [6.45, 7) is -1.11. The third-order valence-corrected chi connectivity index (χ3v) is 4.84. The van der Waals surface area contributed by atoms with Gasteiger partial charge in [-0.15, -0.1) is 0 Å². The van der Waals surface area contributed by atoms with Crippen molar-refractivity contribution in [3.63, 3.8) is 0 Å². The van der Waals surface area contributed by atoms with Crippen LogP contribution in [-0.4, -0.2) is 73.1 Å². The molecule has 0 unspecified atom stereocenters. The van der Waals surface area contributed by atoms with Gasteiger partial charge in [-0.2, -0.15) is 0 Å². The maximum atomic E-state index is 12.6. The fourth-order valence-electron chi connectivity index (χ4n) is 3.17. The zero-order valence-electron chi connectivity index (χ0n) is 14.6. The molecule has 0 amide bonds. The number of carbonyl (C=O) groups is 1. The summed E-state index contributed by atoms with van der Waals surface area (Å²) in [5.41, 5.74) is -2.72. The number of aromatic hydroxyl groups is 3. The molecule has 4 atom stereocenters. The maximum absolute atomic E-state index is 12.6. The van der Waals surface area contributed by atoms with Crippen molar-refractivity contribution in [2.24, 2.45) is 0 Å². The van der Waals surface area contributed by atoms with Crippen LogP contribution < -0.4 is 0 Å². The molecular weight excluding hydrogens is 372 g/mol. The first-order valence-corrected chi connectivity index (χ1v) is 8.40. The molecule has 0 spiro atoms. The third kappa shape index (κ3) is 3.30. The number of aliphatic hydroxyl groups excluding tert-OH is 3. The monoisotopic (exact) mass is 392 g/mol. The van der Waals surface area contributed by atoms with Crippen molar-refractivity contribution >= 4 is 5.78 Å². The molecule has 1 aliphatic heterocycles. The van der Waals surface area contributed by atoms with Gasteiger partial charge in [0.25, 0.3) is 0 Å². The summed E-state index contributed by atoms with van der Waals surface area (Å²) in [6, 6.07) is 7.11. The van der Waals surface area contributed by atoms with Crippen LogP contribution in [0.5, 0.6) is 17.2 Å². The van der Waals surface area contributed by atoms with Gasteiger partial charge in [0.15, 0.2) is 0 Å². The minimum Gasteiger partial charge on any atom is -0.508 e. The summed E-state index contributed by atoms with van der Waals surface area (Å²) in [4.78, 5) is 12.6. The van der Waals surface area contributed by atoms with E-state index in [2.05, 4.69) is 0 Å². The SMILES string of the molecule is O=C(c1ccc(O)cc1)c1c(O)cc([C@@]2(O)CO[C@H](CO)[C@@H](O)[C@@H]2O)cc1O. The van der Waals surface area contributed by atoms with Gasteiger partial charge in [0.05, 0.1) is 13.2 Å². The standard InChI is InChI=1S/C19H20O9/c20-7-14-17(25)18(26)19(27,8-28-14)10-5-12(22)15(13(23)6-10)16(24)9-1-3-11(21)4-2-9/h1-6,14,17-18,20-23,25-27H,7-8H2/t14-,17-,18+,19+/m1/s1. The zero-order chi connectivity index (χ0) is 20.6. The van der Waals surface area contributed by atoms with Crippen molar-refractivity contribution in [3.05, 3.63) is 53.1 Å². The Bertz CT molecular complexity index is 856. The third-order valence-electron chi connectivity index (χ3n) is 4.84. The van der Waals surface area contributed by atoms with E-state index in [1.165, 1.54) is 24.3 Å². The maximum Gasteiger partial charge on any atom is 0.200 e. The van der Waals surface area contributed by atoms with Gasteiger partial charge in [-0.25, -0.2) is 0 Å². The van der Waals surface area contributed by atoms with E-state index < -0.39 is 60.0 Å². The van der Waals surface area contributed by atoms with Crippen molar-refractivity contribution in [1.29, 1.82) is 0 Å². The van der Waals surface area contributed by atoms with Crippen LogP contribution in [0.2, 0.25) is 0 Å². The number of carbonyl (C=O) groups excluding carboxylic acids is 1. The van der Waals surface area contributed by atoms with Crippen LogP contribution in [-0.2, 0) is 10.3 Å². The number of ketones is 1. The molecule has 1 aliphatic rings. The first-order chi connectivity index (χ1) is 13.2. The lowest BCUT2D eigenvalue weighted by atomic mass is 9.81. The molecule has 0 radical (unpaired) electrons. The molecule has 3 rings (SSSR count). The number of hydrogen-bond acceptors (Lipinski definition) is 9. The summed E-state index contributed by atoms with van der Waals surface area (Å²) in [6.07, 6.45) is -4.50. The highest BCUT2D eigenvalue weighted by atomic mass is 16.5. The molecule has 0 saturated carbocycles. The quantitative estimate of drug-likeness (QED) is 0.334. The summed E-state index contributed by atoms with van der Waals surface area (Å²) in [5, 5.41) is 70.0. The Morgan fingerprint density at radius 3 is 2.18 bits per heavy atom. The molecule has 0 aromatic heterocycles. The van der Waals surface area contributed by atoms with Gasteiger partial charge in [-0.3, -0.25) is 4.79 Å². The van der Waals surface area contributed by atoms with Gasteiger partial charge in [0.1, 0.15) is 46.7 Å². The fourth-order valence-corrected chi connectivity index (χ4v) is 3.17. The molecule has 150 valence electrons. The van der Waals surface area contributed by atoms with Crippen LogP contribution in [0.3, 0.4) is 0 Å². The lowest BCUT2D eigenvalue weighted by molar-refractivity contribution is -0.245. The van der Waals surface area contributed by atoms with Gasteiger partial charge >= 0.3 is 0 Å². The minimum atomic E-state index is -2.19. The van der Waals surface area contributed by atoms with E-state index in [-0.39, 0.29) is 16.9 Å². The summed E-state index contributed by atoms with van der Waals surface area (Å²) in [7, 11) is 0. The smallest absolute Gasteiger partial charge is 0.200 e.